The second-order valence-electron chi connectivity index (χ2n) is 22.2. The largest absolute Gasteiger partial charge is 0.460 e. The van der Waals surface area contributed by atoms with Gasteiger partial charge in [0, 0.05) is 64.4 Å². The molecule has 10 rings (SSSR count). The second-order valence-corrected chi connectivity index (χ2v) is 22.2. The van der Waals surface area contributed by atoms with Crippen LogP contribution in [0.5, 0.6) is 0 Å². The summed E-state index contributed by atoms with van der Waals surface area (Å²) in [6, 6.07) is 8.58. The highest BCUT2D eigenvalue weighted by Gasteiger charge is 2.57. The molecule has 1 aromatic rings. The fraction of sp³-hybridized carbons (Fsp3) is 0.732. The van der Waals surface area contributed by atoms with Crippen LogP contribution in [0.2, 0.25) is 0 Å². The van der Waals surface area contributed by atoms with Gasteiger partial charge in [0.2, 0.25) is 5.79 Å². The third-order valence-corrected chi connectivity index (χ3v) is 17.3. The van der Waals surface area contributed by atoms with Gasteiger partial charge in [-0.05, 0) is 126 Å². The van der Waals surface area contributed by atoms with Crippen molar-refractivity contribution < 1.29 is 67.8 Å². The van der Waals surface area contributed by atoms with Crippen molar-refractivity contribution in [3.63, 3.8) is 0 Å². The number of esters is 1. The molecule has 400 valence electrons. The highest BCUT2D eigenvalue weighted by molar-refractivity contribution is 6.39. The summed E-state index contributed by atoms with van der Waals surface area (Å²) in [7, 11) is 4.56. The molecule has 4 saturated heterocycles. The van der Waals surface area contributed by atoms with Crippen molar-refractivity contribution in [2.24, 2.45) is 41.4 Å². The molecule has 16 heteroatoms. The molecule has 8 aliphatic heterocycles. The number of aliphatic hydroxyl groups excluding tert-OH is 2. The molecule has 8 bridgehead atoms. The maximum absolute atomic E-state index is 14.6. The Balaban J connectivity index is 1.23. The fourth-order valence-corrected chi connectivity index (χ4v) is 13.0. The molecule has 1 amide bonds. The first-order valence-electron chi connectivity index (χ1n) is 26.6. The zero-order valence-electron chi connectivity index (χ0n) is 44.0. The summed E-state index contributed by atoms with van der Waals surface area (Å²) >= 11 is 0. The number of hydrogen-bond donors (Lipinski definition) is 3. The van der Waals surface area contributed by atoms with Crippen LogP contribution < -0.4 is 5.06 Å². The number of piperidine rings is 1. The third-order valence-electron chi connectivity index (χ3n) is 17.3. The second kappa shape index (κ2) is 24.2. The lowest BCUT2D eigenvalue weighted by atomic mass is 9.68. The zero-order chi connectivity index (χ0) is 52.2. The number of ether oxygens (including phenoxy) is 5. The molecule has 3 N–H and O–H groups in total. The van der Waals surface area contributed by atoms with E-state index in [4.69, 9.17) is 28.5 Å². The smallest absolute Gasteiger partial charge is 0.329 e. The van der Waals surface area contributed by atoms with Crippen LogP contribution in [0, 0.1) is 41.4 Å². The van der Waals surface area contributed by atoms with Crippen LogP contribution in [-0.2, 0) is 52.5 Å². The van der Waals surface area contributed by atoms with Gasteiger partial charge in [0.1, 0.15) is 36.2 Å². The topological polar surface area (TPSA) is 208 Å². The molecule has 1 unspecified atom stereocenters. The quantitative estimate of drug-likeness (QED) is 0.163. The van der Waals surface area contributed by atoms with E-state index in [-0.39, 0.29) is 54.9 Å². The first-order valence-corrected chi connectivity index (χ1v) is 26.6. The van der Waals surface area contributed by atoms with Crippen molar-refractivity contribution in [3.8, 4) is 0 Å². The number of rotatable bonds is 6. The molecule has 9 aliphatic rings. The first kappa shape index (κ1) is 55.9. The van der Waals surface area contributed by atoms with Gasteiger partial charge < -0.3 is 43.9 Å². The summed E-state index contributed by atoms with van der Waals surface area (Å²) < 4.78 is 29.9. The molecule has 5 fully saturated rings. The van der Waals surface area contributed by atoms with E-state index >= 15 is 0 Å². The molecule has 72 heavy (non-hydrogen) atoms. The van der Waals surface area contributed by atoms with Crippen molar-refractivity contribution in [2.45, 2.75) is 192 Å². The lowest BCUT2D eigenvalue weighted by Crippen LogP contribution is -2.65. The van der Waals surface area contributed by atoms with Gasteiger partial charge in [-0.15, -0.1) is 0 Å². The van der Waals surface area contributed by atoms with Gasteiger partial charge in [0.25, 0.3) is 11.7 Å². The predicted octanol–water partition coefficient (Wildman–Crippen LogP) is 6.26. The van der Waals surface area contributed by atoms with Gasteiger partial charge in [-0.3, -0.25) is 29.1 Å². The number of anilines is 1. The van der Waals surface area contributed by atoms with Crippen molar-refractivity contribution in [1.82, 2.24) is 4.90 Å². The SMILES string of the molecule is CO[C@H]1C[C@@H]2CC[C@@H](C)[C@@](O)(O2)C(=O)C(=O)N2CCCC3[C@H]2C(=O)O[C@@H](CC(=O)[C@H](C)/C=C(\C)[C@@H](O)[C@@H](OC)C(=O)[C@H](C)C[C@H](C)[C@@H]2CC[C@H](/C=C/1C)ON2c1ccccc1)[C@H]3C[C@@H]1CC[C@@H](O)[C@H](OC)C1. The van der Waals surface area contributed by atoms with Crippen LogP contribution in [0.1, 0.15) is 125 Å². The highest BCUT2D eigenvalue weighted by Crippen LogP contribution is 2.46. The fourth-order valence-electron chi connectivity index (χ4n) is 13.0. The molecule has 0 aromatic heterocycles. The summed E-state index contributed by atoms with van der Waals surface area (Å²) in [4.78, 5) is 80.1. The number of methoxy groups -OCH3 is 3. The van der Waals surface area contributed by atoms with E-state index < -0.39 is 102 Å². The monoisotopic (exact) mass is 1010 g/mol. The average Bonchev–Trinajstić information content (AvgIpc) is 3.37. The number of nitrogens with zero attached hydrogens (tertiary/aromatic N) is 2. The van der Waals surface area contributed by atoms with E-state index in [1.807, 2.05) is 55.3 Å². The Morgan fingerprint density at radius 2 is 1.54 bits per heavy atom. The predicted molar refractivity (Wildman–Crippen MR) is 267 cm³/mol. The normalized spacial score (nSPS) is 41.9. The molecular formula is C56H82N2O14. The number of hydrogen-bond acceptors (Lipinski definition) is 15. The molecule has 1 aliphatic carbocycles. The number of allylic oxidation sites excluding steroid dienone is 1. The summed E-state index contributed by atoms with van der Waals surface area (Å²) in [5.74, 6) is -8.70. The van der Waals surface area contributed by atoms with Crippen LogP contribution in [-0.4, -0.2) is 144 Å². The van der Waals surface area contributed by atoms with Crippen LogP contribution >= 0.6 is 0 Å². The molecule has 0 radical (unpaired) electrons. The number of carbonyl (C=O) groups excluding carboxylic acids is 5. The number of carbonyl (C=O) groups is 5. The Morgan fingerprint density at radius 1 is 0.806 bits per heavy atom. The van der Waals surface area contributed by atoms with E-state index in [9.17, 15) is 39.3 Å². The number of Topliss-reactive ketones (excluding diaryl/α,β-unsaturated/α-hetero) is 3. The van der Waals surface area contributed by atoms with Gasteiger partial charge in [-0.1, -0.05) is 58.0 Å². The van der Waals surface area contributed by atoms with Gasteiger partial charge in [-0.25, -0.2) is 4.79 Å². The summed E-state index contributed by atoms with van der Waals surface area (Å²) in [6.45, 7) is 11.1. The molecule has 18 atom stereocenters. The van der Waals surface area contributed by atoms with Crippen LogP contribution in [0.4, 0.5) is 5.69 Å². The standard InChI is InChI=1S/C56H82N2O14/c1-31-24-34(4)50(61)52(69-9)51(62)35(5)25-32(2)45(60)30-47-42(27-37-18-22-44(59)48(28-37)68-8)41-16-13-23-57(49(41)55(65)70-47)54(64)53(63)56(66)36(6)17-19-39(71-56)29-46(67-7)33(3)26-40-20-21-43(31)58(72-40)38-14-11-10-12-15-38/h10-12,14-15,25-26,31-32,34,36-37,39-44,46-49,51-52,59,62,66H,13,16-24,27-30H2,1-9H3/b33-26+,35-25+/t31-,32+,34+,36+,37-,39-,40+,41?,42-,43-,44+,46-,47-,48+,49-,51+,52-,56+/m0/s1. The van der Waals surface area contributed by atoms with Gasteiger partial charge >= 0.3 is 5.97 Å². The molecule has 16 nitrogen and oxygen atoms in total. The molecule has 1 saturated carbocycles. The Labute approximate surface area is 426 Å². The van der Waals surface area contributed by atoms with E-state index in [0.29, 0.717) is 69.8 Å². The van der Waals surface area contributed by atoms with E-state index in [2.05, 4.69) is 6.92 Å². The lowest BCUT2D eigenvalue weighted by molar-refractivity contribution is -0.266. The van der Waals surface area contributed by atoms with Crippen molar-refractivity contribution in [3.05, 3.63) is 53.6 Å². The Morgan fingerprint density at radius 3 is 2.24 bits per heavy atom. The number of benzene rings is 1. The molecule has 8 heterocycles. The minimum Gasteiger partial charge on any atom is -0.460 e. The minimum atomic E-state index is -2.47. The van der Waals surface area contributed by atoms with Gasteiger partial charge in [-0.2, -0.15) is 0 Å². The van der Waals surface area contributed by atoms with Crippen molar-refractivity contribution in [1.29, 1.82) is 0 Å². The highest BCUT2D eigenvalue weighted by atomic mass is 16.7. The number of aliphatic hydroxyl groups is 3. The maximum Gasteiger partial charge on any atom is 0.329 e. The average molecular weight is 1010 g/mol. The third kappa shape index (κ3) is 12.1. The van der Waals surface area contributed by atoms with Gasteiger partial charge in [0.15, 0.2) is 5.78 Å². The number of amides is 1. The number of para-hydroxylation sites is 1. The van der Waals surface area contributed by atoms with Crippen molar-refractivity contribution in [2.75, 3.05) is 32.9 Å². The van der Waals surface area contributed by atoms with Crippen LogP contribution in [0.15, 0.2) is 53.6 Å². The Kier molecular flexibility index (Phi) is 18.8. The molecule has 1 aromatic carbocycles. The first-order chi connectivity index (χ1) is 34.3. The van der Waals surface area contributed by atoms with E-state index in [1.165, 1.54) is 12.0 Å². The Bertz CT molecular complexity index is 2130. The van der Waals surface area contributed by atoms with Crippen molar-refractivity contribution >= 4 is 34.9 Å². The Hall–Kier alpha value is -3.87. The summed E-state index contributed by atoms with van der Waals surface area (Å²) in [5.41, 5.74) is 2.12. The zero-order valence-corrected chi connectivity index (χ0v) is 44.0. The number of hydroxylamine groups is 1. The summed E-state index contributed by atoms with van der Waals surface area (Å²) in [5, 5.41) is 36.6. The molecular weight excluding hydrogens is 925 g/mol. The number of ketones is 3. The van der Waals surface area contributed by atoms with Gasteiger partial charge in [0.05, 0.1) is 36.1 Å². The summed E-state index contributed by atoms with van der Waals surface area (Å²) in [6.07, 6.45) is 3.99. The molecule has 0 spiro atoms. The van der Waals surface area contributed by atoms with E-state index in [1.54, 1.807) is 41.1 Å². The van der Waals surface area contributed by atoms with Crippen LogP contribution in [0.3, 0.4) is 0 Å². The van der Waals surface area contributed by atoms with Crippen LogP contribution in [0.25, 0.3) is 0 Å². The minimum absolute atomic E-state index is 0.0310. The lowest BCUT2D eigenvalue weighted by Gasteiger charge is -2.50. The maximum atomic E-state index is 14.6. The van der Waals surface area contributed by atoms with E-state index in [0.717, 1.165) is 17.7 Å².